The summed E-state index contributed by atoms with van der Waals surface area (Å²) in [6.45, 7) is 6.91. The molecule has 0 aliphatic carbocycles. The molecule has 11 heteroatoms. The first-order valence-corrected chi connectivity index (χ1v) is 14.0. The molecule has 0 bridgehead atoms. The van der Waals surface area contributed by atoms with Gasteiger partial charge in [0.2, 0.25) is 0 Å². The van der Waals surface area contributed by atoms with Crippen LogP contribution >= 0.6 is 11.6 Å². The number of rotatable bonds is 6. The lowest BCUT2D eigenvalue weighted by molar-refractivity contribution is 0.150. The van der Waals surface area contributed by atoms with E-state index in [9.17, 15) is 9.35 Å². The predicted molar refractivity (Wildman–Crippen MR) is 146 cm³/mol. The molecule has 0 saturated carbocycles. The van der Waals surface area contributed by atoms with Crippen LogP contribution in [0, 0.1) is 6.92 Å². The number of hydrogen-bond acceptors (Lipinski definition) is 8. The van der Waals surface area contributed by atoms with Gasteiger partial charge in [-0.3, -0.25) is 19.2 Å². The average molecular weight is 538 g/mol. The SMILES string of the molecule is Cc1cncc(-c2ccc(-c3cc4cnc([S+](C)[O-])nc4n(CCN4CCN(C)CC4)c3=O)c(Cl)c2)n1. The molecule has 1 unspecified atom stereocenters. The Balaban J connectivity index is 1.57. The zero-order valence-corrected chi connectivity index (χ0v) is 22.6. The Kier molecular flexibility index (Phi) is 7.55. The number of likely N-dealkylation sites (N-methyl/N-ethyl adjacent to an activating group) is 1. The predicted octanol–water partition coefficient (Wildman–Crippen LogP) is 2.86. The summed E-state index contributed by atoms with van der Waals surface area (Å²) in [6.07, 6.45) is 6.54. The number of nitrogens with zero attached hydrogens (tertiary/aromatic N) is 7. The van der Waals surface area contributed by atoms with E-state index in [1.807, 2.05) is 19.1 Å². The minimum absolute atomic E-state index is 0.196. The molecular weight excluding hydrogens is 510 g/mol. The third-order valence-electron chi connectivity index (χ3n) is 6.61. The summed E-state index contributed by atoms with van der Waals surface area (Å²) in [5.74, 6) is 0. The van der Waals surface area contributed by atoms with Gasteiger partial charge in [0.05, 0.1) is 17.6 Å². The molecule has 1 fully saturated rings. The second-order valence-corrected chi connectivity index (χ2v) is 11.0. The minimum atomic E-state index is -1.37. The monoisotopic (exact) mass is 537 g/mol. The van der Waals surface area contributed by atoms with Gasteiger partial charge in [0.15, 0.2) is 5.65 Å². The van der Waals surface area contributed by atoms with Gasteiger partial charge in [-0.15, -0.1) is 0 Å². The van der Waals surface area contributed by atoms with Crippen molar-refractivity contribution in [1.29, 1.82) is 0 Å². The average Bonchev–Trinajstić information content (AvgIpc) is 2.88. The highest BCUT2D eigenvalue weighted by Crippen LogP contribution is 2.31. The van der Waals surface area contributed by atoms with Crippen molar-refractivity contribution in [3.05, 3.63) is 63.9 Å². The van der Waals surface area contributed by atoms with Crippen LogP contribution in [0.1, 0.15) is 5.69 Å². The summed E-state index contributed by atoms with van der Waals surface area (Å²) in [5, 5.41) is 1.33. The Labute approximate surface area is 223 Å². The van der Waals surface area contributed by atoms with Crippen LogP contribution in [0.2, 0.25) is 5.02 Å². The fourth-order valence-corrected chi connectivity index (χ4v) is 5.19. The maximum Gasteiger partial charge on any atom is 0.344 e. The number of halogens is 1. The van der Waals surface area contributed by atoms with Crippen LogP contribution in [-0.2, 0) is 17.7 Å². The van der Waals surface area contributed by atoms with E-state index in [-0.39, 0.29) is 10.7 Å². The molecule has 0 amide bonds. The van der Waals surface area contributed by atoms with Gasteiger partial charge in [-0.1, -0.05) is 23.7 Å². The zero-order chi connectivity index (χ0) is 26.1. The highest BCUT2D eigenvalue weighted by atomic mass is 35.5. The smallest absolute Gasteiger partial charge is 0.344 e. The largest absolute Gasteiger partial charge is 0.609 e. The number of fused-ring (bicyclic) bond motifs is 1. The van der Waals surface area contributed by atoms with Gasteiger partial charge < -0.3 is 9.45 Å². The van der Waals surface area contributed by atoms with Crippen molar-refractivity contribution in [2.45, 2.75) is 18.6 Å². The van der Waals surface area contributed by atoms with E-state index in [4.69, 9.17) is 11.6 Å². The second kappa shape index (κ2) is 10.8. The van der Waals surface area contributed by atoms with Crippen LogP contribution in [0.3, 0.4) is 0 Å². The first-order valence-electron chi connectivity index (χ1n) is 12.0. The third kappa shape index (κ3) is 5.53. The summed E-state index contributed by atoms with van der Waals surface area (Å²) in [6, 6.07) is 7.30. The Bertz CT molecular complexity index is 1500. The van der Waals surface area contributed by atoms with Crippen molar-refractivity contribution in [3.8, 4) is 22.4 Å². The number of aryl methyl sites for hydroxylation is 1. The van der Waals surface area contributed by atoms with Crippen molar-refractivity contribution < 1.29 is 4.55 Å². The van der Waals surface area contributed by atoms with E-state index in [0.29, 0.717) is 46.0 Å². The molecule has 37 heavy (non-hydrogen) atoms. The molecule has 9 nitrogen and oxygen atoms in total. The lowest BCUT2D eigenvalue weighted by atomic mass is 10.0. The van der Waals surface area contributed by atoms with E-state index >= 15 is 0 Å². The third-order valence-corrected chi connectivity index (χ3v) is 7.63. The van der Waals surface area contributed by atoms with Crippen molar-refractivity contribution in [2.75, 3.05) is 46.0 Å². The van der Waals surface area contributed by atoms with Crippen LogP contribution in [0.5, 0.6) is 0 Å². The number of aromatic nitrogens is 5. The zero-order valence-electron chi connectivity index (χ0n) is 21.0. The topological polar surface area (TPSA) is 103 Å². The molecule has 0 radical (unpaired) electrons. The van der Waals surface area contributed by atoms with Crippen molar-refractivity contribution in [3.63, 3.8) is 0 Å². The molecule has 1 saturated heterocycles. The van der Waals surface area contributed by atoms with E-state index in [1.165, 1.54) is 6.26 Å². The Morgan fingerprint density at radius 1 is 1.03 bits per heavy atom. The summed E-state index contributed by atoms with van der Waals surface area (Å²) in [4.78, 5) is 36.0. The van der Waals surface area contributed by atoms with Crippen molar-refractivity contribution >= 4 is 33.8 Å². The van der Waals surface area contributed by atoms with Gasteiger partial charge in [0.25, 0.3) is 5.56 Å². The number of benzene rings is 1. The van der Waals surface area contributed by atoms with Crippen molar-refractivity contribution in [2.24, 2.45) is 0 Å². The standard InChI is InChI=1S/C26H28ClN7O2S/c1-17-14-28-16-23(30-17)18-4-5-20(22(27)13-18)21-12-19-15-29-26(37(3)36)31-24(19)34(25(21)35)11-10-33-8-6-32(2)7-9-33/h4-5,12-16H,6-11H2,1-3H3. The molecule has 0 N–H and O–H groups in total. The first-order chi connectivity index (χ1) is 17.8. The van der Waals surface area contributed by atoms with Crippen LogP contribution < -0.4 is 5.56 Å². The molecule has 3 aromatic heterocycles. The molecule has 4 heterocycles. The molecule has 1 aliphatic rings. The molecule has 1 aromatic carbocycles. The molecule has 4 aromatic rings. The van der Waals surface area contributed by atoms with E-state index in [1.54, 1.807) is 35.3 Å². The maximum absolute atomic E-state index is 13.9. The van der Waals surface area contributed by atoms with Crippen LogP contribution in [0.15, 0.2) is 52.8 Å². The minimum Gasteiger partial charge on any atom is -0.609 e. The Morgan fingerprint density at radius 2 is 1.81 bits per heavy atom. The van der Waals surface area contributed by atoms with Crippen LogP contribution in [0.4, 0.5) is 0 Å². The maximum atomic E-state index is 13.9. The second-order valence-electron chi connectivity index (χ2n) is 9.29. The van der Waals surface area contributed by atoms with Gasteiger partial charge in [-0.25, -0.2) is 4.98 Å². The molecule has 1 aliphatic heterocycles. The van der Waals surface area contributed by atoms with Gasteiger partial charge in [-0.2, -0.15) is 9.97 Å². The summed E-state index contributed by atoms with van der Waals surface area (Å²) >= 11 is 5.36. The fraction of sp³-hybridized carbons (Fsp3) is 0.346. The van der Waals surface area contributed by atoms with E-state index in [2.05, 4.69) is 36.8 Å². The van der Waals surface area contributed by atoms with E-state index in [0.717, 1.165) is 37.4 Å². The first kappa shape index (κ1) is 25.7. The van der Waals surface area contributed by atoms with Gasteiger partial charge in [0.1, 0.15) is 6.26 Å². The van der Waals surface area contributed by atoms with E-state index < -0.39 is 11.2 Å². The lowest BCUT2D eigenvalue weighted by Crippen LogP contribution is -2.45. The quantitative estimate of drug-likeness (QED) is 0.273. The highest BCUT2D eigenvalue weighted by Gasteiger charge is 2.20. The Morgan fingerprint density at radius 3 is 2.51 bits per heavy atom. The number of pyridine rings is 1. The van der Waals surface area contributed by atoms with Gasteiger partial charge in [0, 0.05) is 89.9 Å². The molecule has 1 atom stereocenters. The van der Waals surface area contributed by atoms with Crippen LogP contribution in [-0.4, -0.2) is 84.9 Å². The summed E-state index contributed by atoms with van der Waals surface area (Å²) < 4.78 is 13.7. The number of piperazine rings is 1. The molecule has 0 spiro atoms. The number of hydrogen-bond donors (Lipinski definition) is 0. The summed E-state index contributed by atoms with van der Waals surface area (Å²) in [7, 11) is 2.11. The van der Waals surface area contributed by atoms with Gasteiger partial charge >= 0.3 is 5.16 Å². The van der Waals surface area contributed by atoms with Crippen LogP contribution in [0.25, 0.3) is 33.4 Å². The van der Waals surface area contributed by atoms with Crippen molar-refractivity contribution in [1.82, 2.24) is 34.3 Å². The highest BCUT2D eigenvalue weighted by molar-refractivity contribution is 7.90. The summed E-state index contributed by atoms with van der Waals surface area (Å²) in [5.41, 5.74) is 3.71. The fourth-order valence-electron chi connectivity index (χ4n) is 4.49. The molecule has 192 valence electrons. The molecule has 5 rings (SSSR count). The normalized spacial score (nSPS) is 15.8. The Hall–Kier alpha value is -2.89. The van der Waals surface area contributed by atoms with Gasteiger partial charge in [-0.05, 0) is 26.1 Å². The molecular formula is C26H28ClN7O2S. The lowest BCUT2D eigenvalue weighted by Gasteiger charge is -2.32.